The first-order chi connectivity index (χ1) is 54.8. The number of ether oxygens (including phenoxy) is 13. The van der Waals surface area contributed by atoms with Gasteiger partial charge in [-0.15, -0.1) is 0 Å². The highest BCUT2D eigenvalue weighted by Crippen LogP contribution is 2.47. The van der Waals surface area contributed by atoms with Crippen LogP contribution >= 0.6 is 0 Å². The molecule has 0 aliphatic heterocycles. The zero-order chi connectivity index (χ0) is 86.1. The number of hydrogen-bond donors (Lipinski definition) is 5. The second kappa shape index (κ2) is 60.4. The van der Waals surface area contributed by atoms with Gasteiger partial charge in [-0.3, -0.25) is 62.3 Å². The van der Waals surface area contributed by atoms with Gasteiger partial charge in [0.2, 0.25) is 0 Å². The Morgan fingerprint density at radius 1 is 0.241 bits per heavy atom. The van der Waals surface area contributed by atoms with Crippen LogP contribution in [0.5, 0.6) is 0 Å². The molecule has 0 aromatic carbocycles. The molecule has 0 amide bonds. The second-order valence-electron chi connectivity index (χ2n) is 30.6. The fraction of sp³-hybridized carbons (Fsp3) is 0.847. The Hall–Kier alpha value is -7.09. The van der Waals surface area contributed by atoms with Gasteiger partial charge in [0.25, 0.3) is 0 Å². The summed E-state index contributed by atoms with van der Waals surface area (Å²) in [5.74, 6) is -8.95. The molecule has 2 aliphatic rings. The lowest BCUT2D eigenvalue weighted by Gasteiger charge is -2.43. The number of carbonyl (C=O) groups is 13. The summed E-state index contributed by atoms with van der Waals surface area (Å²) >= 11 is 0. The highest BCUT2D eigenvalue weighted by molar-refractivity contribution is 5.76. The summed E-state index contributed by atoms with van der Waals surface area (Å²) in [5, 5.41) is 49.8. The fourth-order valence-electron chi connectivity index (χ4n) is 14.7. The van der Waals surface area contributed by atoms with Crippen LogP contribution in [0.3, 0.4) is 0 Å². The SMILES string of the molecule is C.CCC(O)CC(=O)OCC(COC(=O)CC(CC)OC(=O)CCC1CCC(CC)C(CC(=O)OC(CC)CC(=O)OCC(COC(=O)CC(CC)OC(=O)CCC2CCC(CC)C(CC(=O)OC(CC)CC(=O)OCC(COC(=O)CC(O)CC)OC(=O)CC(O)CC)C2CC)OC(=O)CC(O)CC)C1CC)OC(=O)CC(O)CC. The van der Waals surface area contributed by atoms with Gasteiger partial charge in [0, 0.05) is 25.7 Å². The molecule has 0 spiro atoms. The Balaban J connectivity index is 0.0000673. The Bertz CT molecular complexity index is 2900. The van der Waals surface area contributed by atoms with Crippen molar-refractivity contribution in [3.05, 3.63) is 0 Å². The minimum Gasteiger partial charge on any atom is -0.462 e. The maximum atomic E-state index is 13.9. The molecule has 31 heteroatoms. The predicted octanol–water partition coefficient (Wildman–Crippen LogP) is 10.8. The number of rotatable bonds is 60. The highest BCUT2D eigenvalue weighted by Gasteiger charge is 2.42. The zero-order valence-electron chi connectivity index (χ0n) is 70.8. The summed E-state index contributed by atoms with van der Waals surface area (Å²) in [6.07, 6.45) is -5.49. The standard InChI is InChI=1S/C84H140O31.CH4/c1-14-52-27-30-55(68(25-12)70(52)44-83(101)111-63(23-10)42-78(96)107-49-66(114-81(99)38-59(88)19-6)47-104-75(93)36-57(86)17-4)32-34-73(91)110-62(22-9)41-77(95)106-50-67(115-82(100)39-60(89)20-7)51-108-79(97)43-64(24-11)112-84(102)45-71-53(15-2)28-29-54(69(71)26-13)31-33-72(90)109-61(21-8)40-76(94)105-48-65(113-80(98)37-58(87)18-5)46-103-74(92)35-56(85)16-3;/h52-71,85-89H,14-51H2,1-13H3;1H4. The minimum absolute atomic E-state index is 0. The number of aliphatic hydroxyl groups is 5. The van der Waals surface area contributed by atoms with Crippen molar-refractivity contribution in [2.24, 2.45) is 47.3 Å². The van der Waals surface area contributed by atoms with Crippen LogP contribution in [-0.4, -0.2) is 216 Å². The molecule has 2 aliphatic carbocycles. The monoisotopic (exact) mass is 1660 g/mol. The van der Waals surface area contributed by atoms with E-state index in [0.29, 0.717) is 38.5 Å². The van der Waals surface area contributed by atoms with Crippen molar-refractivity contribution in [2.75, 3.05) is 39.6 Å². The first-order valence-corrected chi connectivity index (χ1v) is 42.5. The maximum Gasteiger partial charge on any atom is 0.309 e. The van der Waals surface area contributed by atoms with E-state index in [9.17, 15) is 87.9 Å². The van der Waals surface area contributed by atoms with E-state index in [-0.39, 0.29) is 177 Å². The van der Waals surface area contributed by atoms with Crippen LogP contribution < -0.4 is 0 Å². The molecule has 670 valence electrons. The number of aliphatic hydroxyl groups excluding tert-OH is 5. The molecule has 5 N–H and O–H groups in total. The Kier molecular flexibility index (Phi) is 55.7. The molecule has 2 saturated carbocycles. The molecule has 2 rings (SSSR count). The van der Waals surface area contributed by atoms with E-state index >= 15 is 0 Å². The van der Waals surface area contributed by atoms with Gasteiger partial charge in [0.1, 0.15) is 64.1 Å². The molecule has 0 bridgehead atoms. The van der Waals surface area contributed by atoms with E-state index in [2.05, 4.69) is 13.8 Å². The number of carbonyl (C=O) groups excluding carboxylic acids is 13. The predicted molar refractivity (Wildman–Crippen MR) is 421 cm³/mol. The third-order valence-corrected chi connectivity index (χ3v) is 22.0. The largest absolute Gasteiger partial charge is 0.462 e. The van der Waals surface area contributed by atoms with Gasteiger partial charge < -0.3 is 87.1 Å². The molecule has 0 aromatic rings. The molecule has 2 fully saturated rings. The average Bonchev–Trinajstić information content (AvgIpc) is 0.818. The summed E-state index contributed by atoms with van der Waals surface area (Å²) in [5.41, 5.74) is 0. The Labute approximate surface area is 687 Å². The van der Waals surface area contributed by atoms with Crippen molar-refractivity contribution in [1.82, 2.24) is 0 Å². The second-order valence-corrected chi connectivity index (χ2v) is 30.6. The van der Waals surface area contributed by atoms with Crippen molar-refractivity contribution >= 4 is 77.6 Å². The maximum absolute atomic E-state index is 13.9. The van der Waals surface area contributed by atoms with Crippen molar-refractivity contribution in [1.29, 1.82) is 0 Å². The van der Waals surface area contributed by atoms with Crippen LogP contribution in [0, 0.1) is 47.3 Å². The van der Waals surface area contributed by atoms with E-state index < -0.39 is 197 Å². The lowest BCUT2D eigenvalue weighted by molar-refractivity contribution is -0.171. The highest BCUT2D eigenvalue weighted by atomic mass is 16.6. The molecule has 20 unspecified atom stereocenters. The minimum atomic E-state index is -1.32. The van der Waals surface area contributed by atoms with Crippen LogP contribution in [0.15, 0.2) is 0 Å². The smallest absolute Gasteiger partial charge is 0.309 e. The summed E-state index contributed by atoms with van der Waals surface area (Å²) < 4.78 is 71.8. The van der Waals surface area contributed by atoms with Crippen LogP contribution in [0.25, 0.3) is 0 Å². The molecular formula is C85H144O31. The fourth-order valence-corrected chi connectivity index (χ4v) is 14.7. The quantitative estimate of drug-likeness (QED) is 0.0279. The van der Waals surface area contributed by atoms with Crippen LogP contribution in [0.1, 0.15) is 303 Å². The van der Waals surface area contributed by atoms with Crippen LogP contribution in [-0.2, 0) is 124 Å². The molecule has 0 saturated heterocycles. The van der Waals surface area contributed by atoms with Gasteiger partial charge >= 0.3 is 77.6 Å². The van der Waals surface area contributed by atoms with Gasteiger partial charge in [-0.05, 0) is 144 Å². The molecule has 20 atom stereocenters. The summed E-state index contributed by atoms with van der Waals surface area (Å²) in [6.45, 7) is 20.4. The van der Waals surface area contributed by atoms with Crippen molar-refractivity contribution in [3.63, 3.8) is 0 Å². The van der Waals surface area contributed by atoms with Crippen molar-refractivity contribution in [2.45, 2.75) is 376 Å². The van der Waals surface area contributed by atoms with Gasteiger partial charge in [-0.25, -0.2) is 0 Å². The van der Waals surface area contributed by atoms with E-state index in [0.717, 1.165) is 38.5 Å². The van der Waals surface area contributed by atoms with Crippen molar-refractivity contribution in [3.8, 4) is 0 Å². The zero-order valence-corrected chi connectivity index (χ0v) is 70.8. The molecule has 31 nitrogen and oxygen atoms in total. The van der Waals surface area contributed by atoms with Crippen LogP contribution in [0.4, 0.5) is 0 Å². The normalized spacial score (nSPS) is 21.0. The summed E-state index contributed by atoms with van der Waals surface area (Å²) in [6, 6.07) is 0. The molecule has 0 radical (unpaired) electrons. The summed E-state index contributed by atoms with van der Waals surface area (Å²) in [4.78, 5) is 170. The van der Waals surface area contributed by atoms with Crippen LogP contribution in [0.2, 0.25) is 0 Å². The number of hydrogen-bond acceptors (Lipinski definition) is 31. The van der Waals surface area contributed by atoms with E-state index in [1.165, 1.54) is 0 Å². The first-order valence-electron chi connectivity index (χ1n) is 42.5. The van der Waals surface area contributed by atoms with E-state index in [4.69, 9.17) is 61.6 Å². The third-order valence-electron chi connectivity index (χ3n) is 22.0. The molecular weight excluding hydrogens is 1520 g/mol. The third kappa shape index (κ3) is 44.1. The van der Waals surface area contributed by atoms with E-state index in [1.54, 1.807) is 62.3 Å². The van der Waals surface area contributed by atoms with Gasteiger partial charge in [-0.1, -0.05) is 123 Å². The topological polar surface area (TPSA) is 443 Å². The van der Waals surface area contributed by atoms with Gasteiger partial charge in [-0.2, -0.15) is 0 Å². The lowest BCUT2D eigenvalue weighted by Crippen LogP contribution is -2.37. The number of esters is 13. The average molecular weight is 1660 g/mol. The summed E-state index contributed by atoms with van der Waals surface area (Å²) in [7, 11) is 0. The molecule has 0 aromatic heterocycles. The van der Waals surface area contributed by atoms with E-state index in [1.807, 2.05) is 13.8 Å². The Morgan fingerprint density at radius 3 is 0.664 bits per heavy atom. The lowest BCUT2D eigenvalue weighted by atomic mass is 9.62. The molecule has 0 heterocycles. The van der Waals surface area contributed by atoms with Gasteiger partial charge in [0.15, 0.2) is 18.3 Å². The first kappa shape index (κ1) is 107. The molecule has 116 heavy (non-hydrogen) atoms. The Morgan fingerprint density at radius 2 is 0.448 bits per heavy atom. The van der Waals surface area contributed by atoms with Crippen molar-refractivity contribution < 1.29 is 149 Å². The van der Waals surface area contributed by atoms with Gasteiger partial charge in [0.05, 0.1) is 88.3 Å².